The Hall–Kier alpha value is -3.28. The minimum absolute atomic E-state index is 0.0634. The van der Waals surface area contributed by atoms with Gasteiger partial charge in [-0.05, 0) is 47.8 Å². The standard InChI is InChI=1S/C21H18N2O7S2/c1-14(24)30-16-8-6-15(7-9-16)23-19(25)12-18(21(23)26)22(13-17-4-2-10-29-17)32(27,28)20-5-3-11-31-20/h2-11,18H,12-13H2,1H3. The van der Waals surface area contributed by atoms with Crippen LogP contribution in [-0.2, 0) is 31.0 Å². The first-order valence-electron chi connectivity index (χ1n) is 9.50. The highest BCUT2D eigenvalue weighted by Crippen LogP contribution is 2.32. The van der Waals surface area contributed by atoms with Crippen LogP contribution in [0, 0.1) is 0 Å². The lowest BCUT2D eigenvalue weighted by Crippen LogP contribution is -2.44. The molecule has 2 aromatic heterocycles. The Balaban J connectivity index is 1.66. The largest absolute Gasteiger partial charge is 0.468 e. The summed E-state index contributed by atoms with van der Waals surface area (Å²) in [5, 5.41) is 1.62. The molecule has 32 heavy (non-hydrogen) atoms. The molecular formula is C21H18N2O7S2. The zero-order valence-corrected chi connectivity index (χ0v) is 18.5. The van der Waals surface area contributed by atoms with Gasteiger partial charge in [-0.15, -0.1) is 11.3 Å². The number of carbonyl (C=O) groups is 3. The van der Waals surface area contributed by atoms with Gasteiger partial charge in [-0.25, -0.2) is 13.3 Å². The number of amides is 2. The summed E-state index contributed by atoms with van der Waals surface area (Å²) in [6.45, 7) is 1.06. The van der Waals surface area contributed by atoms with Crippen LogP contribution in [0.2, 0.25) is 0 Å². The van der Waals surface area contributed by atoms with Gasteiger partial charge in [-0.3, -0.25) is 14.4 Å². The fourth-order valence-electron chi connectivity index (χ4n) is 3.39. The third kappa shape index (κ3) is 4.22. The second-order valence-corrected chi connectivity index (χ2v) is 10.0. The van der Waals surface area contributed by atoms with Crippen molar-refractivity contribution < 1.29 is 32.0 Å². The Labute approximate surface area is 187 Å². The summed E-state index contributed by atoms with van der Waals surface area (Å²) in [6.07, 6.45) is 1.10. The van der Waals surface area contributed by atoms with Crippen molar-refractivity contribution in [2.24, 2.45) is 0 Å². The smallest absolute Gasteiger partial charge is 0.308 e. The number of ether oxygens (including phenoxy) is 1. The molecule has 1 saturated heterocycles. The Morgan fingerprint density at radius 2 is 1.94 bits per heavy atom. The SMILES string of the molecule is CC(=O)Oc1ccc(N2C(=O)CC(N(Cc3ccco3)S(=O)(=O)c3cccs3)C2=O)cc1. The molecule has 1 unspecified atom stereocenters. The molecule has 9 nitrogen and oxygen atoms in total. The molecule has 166 valence electrons. The monoisotopic (exact) mass is 474 g/mol. The van der Waals surface area contributed by atoms with Crippen LogP contribution in [0.5, 0.6) is 5.75 Å². The van der Waals surface area contributed by atoms with E-state index in [2.05, 4.69) is 0 Å². The number of thiophene rings is 1. The van der Waals surface area contributed by atoms with Gasteiger partial charge < -0.3 is 9.15 Å². The van der Waals surface area contributed by atoms with Crippen molar-refractivity contribution in [3.8, 4) is 5.75 Å². The number of nitrogens with zero attached hydrogens (tertiary/aromatic N) is 2. The average Bonchev–Trinajstić information content (AvgIpc) is 3.49. The number of anilines is 1. The van der Waals surface area contributed by atoms with E-state index in [4.69, 9.17) is 9.15 Å². The van der Waals surface area contributed by atoms with Crippen LogP contribution in [0.25, 0.3) is 0 Å². The molecule has 0 saturated carbocycles. The van der Waals surface area contributed by atoms with Crippen molar-refractivity contribution >= 4 is 44.8 Å². The van der Waals surface area contributed by atoms with E-state index in [0.717, 1.165) is 20.5 Å². The lowest BCUT2D eigenvalue weighted by Gasteiger charge is -2.25. The number of sulfonamides is 1. The number of hydrogen-bond donors (Lipinski definition) is 0. The van der Waals surface area contributed by atoms with E-state index in [1.54, 1.807) is 23.6 Å². The molecule has 0 aliphatic carbocycles. The molecule has 4 rings (SSSR count). The summed E-state index contributed by atoms with van der Waals surface area (Å²) in [4.78, 5) is 38.0. The highest BCUT2D eigenvalue weighted by Gasteiger charge is 2.47. The fourth-order valence-corrected chi connectivity index (χ4v) is 6.05. The van der Waals surface area contributed by atoms with E-state index in [0.29, 0.717) is 5.76 Å². The summed E-state index contributed by atoms with van der Waals surface area (Å²) >= 11 is 1.02. The molecule has 1 fully saturated rings. The van der Waals surface area contributed by atoms with E-state index in [-0.39, 0.29) is 28.6 Å². The predicted molar refractivity (Wildman–Crippen MR) is 114 cm³/mol. The van der Waals surface area contributed by atoms with Gasteiger partial charge >= 0.3 is 5.97 Å². The van der Waals surface area contributed by atoms with Crippen molar-refractivity contribution in [2.45, 2.75) is 30.1 Å². The average molecular weight is 475 g/mol. The van der Waals surface area contributed by atoms with Crippen molar-refractivity contribution in [3.05, 3.63) is 65.9 Å². The predicted octanol–water partition coefficient (Wildman–Crippen LogP) is 2.79. The van der Waals surface area contributed by atoms with E-state index < -0.39 is 33.8 Å². The molecule has 1 atom stereocenters. The van der Waals surface area contributed by atoms with Crippen LogP contribution in [0.3, 0.4) is 0 Å². The molecule has 1 aliphatic rings. The van der Waals surface area contributed by atoms with Crippen LogP contribution in [0.1, 0.15) is 19.1 Å². The molecule has 3 aromatic rings. The topological polar surface area (TPSA) is 114 Å². The van der Waals surface area contributed by atoms with Gasteiger partial charge in [0.2, 0.25) is 5.91 Å². The summed E-state index contributed by atoms with van der Waals surface area (Å²) in [5.41, 5.74) is 0.255. The molecule has 1 aliphatic heterocycles. The lowest BCUT2D eigenvalue weighted by molar-refractivity contribution is -0.132. The van der Waals surface area contributed by atoms with Crippen molar-refractivity contribution in [3.63, 3.8) is 0 Å². The number of rotatable bonds is 7. The van der Waals surface area contributed by atoms with Crippen LogP contribution in [-0.4, -0.2) is 36.5 Å². The molecule has 0 bridgehead atoms. The molecule has 11 heteroatoms. The van der Waals surface area contributed by atoms with Crippen molar-refractivity contribution in [2.75, 3.05) is 4.90 Å². The Morgan fingerprint density at radius 1 is 1.19 bits per heavy atom. The number of benzene rings is 1. The summed E-state index contributed by atoms with van der Waals surface area (Å²) in [6, 6.07) is 10.9. The molecule has 3 heterocycles. The number of hydrogen-bond acceptors (Lipinski definition) is 8. The molecular weight excluding hydrogens is 456 g/mol. The second kappa shape index (κ2) is 8.69. The fraction of sp³-hybridized carbons (Fsp3) is 0.190. The van der Waals surface area contributed by atoms with E-state index >= 15 is 0 Å². The van der Waals surface area contributed by atoms with Gasteiger partial charge in [0, 0.05) is 6.92 Å². The minimum Gasteiger partial charge on any atom is -0.468 e. The summed E-state index contributed by atoms with van der Waals surface area (Å²) in [7, 11) is -4.06. The summed E-state index contributed by atoms with van der Waals surface area (Å²) in [5.74, 6) is -1.10. The third-order valence-corrected chi connectivity index (χ3v) is 8.00. The Kier molecular flexibility index (Phi) is 5.96. The molecule has 1 aromatic carbocycles. The maximum absolute atomic E-state index is 13.3. The van der Waals surface area contributed by atoms with Gasteiger partial charge in [-0.2, -0.15) is 4.31 Å². The number of esters is 1. The normalized spacial score (nSPS) is 16.7. The van der Waals surface area contributed by atoms with Gasteiger partial charge in [0.25, 0.3) is 15.9 Å². The second-order valence-electron chi connectivity index (χ2n) is 6.94. The first kappa shape index (κ1) is 21.9. The van der Waals surface area contributed by atoms with E-state index in [1.807, 2.05) is 0 Å². The third-order valence-electron chi connectivity index (χ3n) is 4.78. The highest BCUT2D eigenvalue weighted by molar-refractivity contribution is 7.91. The van der Waals surface area contributed by atoms with Crippen LogP contribution in [0.4, 0.5) is 5.69 Å². The minimum atomic E-state index is -4.06. The van der Waals surface area contributed by atoms with Gasteiger partial charge in [0.1, 0.15) is 21.8 Å². The molecule has 0 N–H and O–H groups in total. The molecule has 0 radical (unpaired) electrons. The van der Waals surface area contributed by atoms with Crippen molar-refractivity contribution in [1.82, 2.24) is 4.31 Å². The van der Waals surface area contributed by atoms with Gasteiger partial charge in [0.15, 0.2) is 0 Å². The van der Waals surface area contributed by atoms with E-state index in [1.165, 1.54) is 43.5 Å². The van der Waals surface area contributed by atoms with E-state index in [9.17, 15) is 22.8 Å². The zero-order valence-electron chi connectivity index (χ0n) is 16.8. The van der Waals surface area contributed by atoms with Crippen LogP contribution < -0.4 is 9.64 Å². The van der Waals surface area contributed by atoms with Crippen LogP contribution >= 0.6 is 11.3 Å². The lowest BCUT2D eigenvalue weighted by atomic mass is 10.2. The number of furan rings is 1. The maximum atomic E-state index is 13.3. The molecule has 2 amide bonds. The number of carbonyl (C=O) groups excluding carboxylic acids is 3. The molecule has 0 spiro atoms. The highest BCUT2D eigenvalue weighted by atomic mass is 32.2. The summed E-state index contributed by atoms with van der Waals surface area (Å²) < 4.78 is 38.0. The Morgan fingerprint density at radius 3 is 2.53 bits per heavy atom. The first-order chi connectivity index (χ1) is 15.3. The maximum Gasteiger partial charge on any atom is 0.308 e. The number of imide groups is 1. The van der Waals surface area contributed by atoms with Gasteiger partial charge in [0.05, 0.1) is 24.9 Å². The van der Waals surface area contributed by atoms with Crippen LogP contribution in [0.15, 0.2) is 68.8 Å². The van der Waals surface area contributed by atoms with Gasteiger partial charge in [-0.1, -0.05) is 6.07 Å². The Bertz CT molecular complexity index is 1230. The zero-order chi connectivity index (χ0) is 22.9. The van der Waals surface area contributed by atoms with Crippen molar-refractivity contribution in [1.29, 1.82) is 0 Å². The first-order valence-corrected chi connectivity index (χ1v) is 11.8. The quantitative estimate of drug-likeness (QED) is 0.294.